The fraction of sp³-hybridized carbons (Fsp3) is 0.182. The monoisotopic (exact) mass is 369 g/mol. The van der Waals surface area contributed by atoms with Gasteiger partial charge >= 0.3 is 5.97 Å². The van der Waals surface area contributed by atoms with Gasteiger partial charge in [0.2, 0.25) is 0 Å². The van der Waals surface area contributed by atoms with E-state index >= 15 is 0 Å². The number of nitrogens with zero attached hydrogens (tertiary/aromatic N) is 1. The van der Waals surface area contributed by atoms with Gasteiger partial charge in [0.1, 0.15) is 5.75 Å². The van der Waals surface area contributed by atoms with Gasteiger partial charge in [0.15, 0.2) is 0 Å². The molecule has 5 nitrogen and oxygen atoms in total. The van der Waals surface area contributed by atoms with E-state index in [4.69, 9.17) is 15.3 Å². The molecule has 1 heterocycles. The predicted molar refractivity (Wildman–Crippen MR) is 108 cm³/mol. The van der Waals surface area contributed by atoms with Crippen molar-refractivity contribution in [2.75, 3.05) is 7.11 Å². The first kappa shape index (κ1) is 23.8. The summed E-state index contributed by atoms with van der Waals surface area (Å²) in [6, 6.07) is 17.8. The molecule has 1 aromatic heterocycles. The molecule has 0 atom stereocenters. The minimum Gasteiger partial charge on any atom is -0.508 e. The summed E-state index contributed by atoms with van der Waals surface area (Å²) in [5.41, 5.74) is 3.79. The molecule has 0 unspecified atom stereocenters. The number of aliphatic hydroxyl groups excluding tert-OH is 1. The first-order chi connectivity index (χ1) is 12.9. The summed E-state index contributed by atoms with van der Waals surface area (Å²) >= 11 is 0. The van der Waals surface area contributed by atoms with Crippen molar-refractivity contribution in [1.82, 2.24) is 4.98 Å². The summed E-state index contributed by atoms with van der Waals surface area (Å²) in [4.78, 5) is 14.2. The molecule has 0 aliphatic rings. The third kappa shape index (κ3) is 11.9. The number of aryl methyl sites for hydroxylation is 3. The number of hydrogen-bond acceptors (Lipinski definition) is 4. The maximum absolute atomic E-state index is 10.3. The number of pyridine rings is 1. The Morgan fingerprint density at radius 2 is 1.26 bits per heavy atom. The Morgan fingerprint density at radius 3 is 1.56 bits per heavy atom. The second kappa shape index (κ2) is 14.0. The average molecular weight is 369 g/mol. The van der Waals surface area contributed by atoms with Gasteiger partial charge in [-0.1, -0.05) is 41.5 Å². The first-order valence-electron chi connectivity index (χ1n) is 8.25. The number of aliphatic hydroxyl groups is 1. The SMILES string of the molecule is CO.Cc1ccc(C(=O)O)cc1.Cc1ccc(O)cc1.Cc1cccnc1. The summed E-state index contributed by atoms with van der Waals surface area (Å²) in [5.74, 6) is -0.546. The number of aromatic carboxylic acids is 1. The fourth-order valence-corrected chi connectivity index (χ4v) is 1.69. The van der Waals surface area contributed by atoms with Gasteiger partial charge in [-0.3, -0.25) is 4.98 Å². The van der Waals surface area contributed by atoms with Crippen LogP contribution in [-0.4, -0.2) is 33.4 Å². The number of carbonyl (C=O) groups is 1. The highest BCUT2D eigenvalue weighted by Gasteiger charge is 1.98. The van der Waals surface area contributed by atoms with Crippen LogP contribution in [0.15, 0.2) is 73.1 Å². The maximum Gasteiger partial charge on any atom is 0.335 e. The molecular weight excluding hydrogens is 342 g/mol. The van der Waals surface area contributed by atoms with Crippen molar-refractivity contribution < 1.29 is 20.1 Å². The van der Waals surface area contributed by atoms with Crippen LogP contribution in [0.25, 0.3) is 0 Å². The highest BCUT2D eigenvalue weighted by Crippen LogP contribution is 2.07. The Bertz CT molecular complexity index is 734. The van der Waals surface area contributed by atoms with Gasteiger partial charge in [-0.2, -0.15) is 0 Å². The van der Waals surface area contributed by atoms with Crippen molar-refractivity contribution in [3.63, 3.8) is 0 Å². The minimum atomic E-state index is -0.875. The van der Waals surface area contributed by atoms with Crippen LogP contribution in [0.4, 0.5) is 0 Å². The second-order valence-electron chi connectivity index (χ2n) is 5.54. The molecule has 2 aromatic carbocycles. The Kier molecular flexibility index (Phi) is 12.4. The zero-order chi connectivity index (χ0) is 20.7. The van der Waals surface area contributed by atoms with Gasteiger partial charge < -0.3 is 15.3 Å². The minimum absolute atomic E-state index is 0.329. The van der Waals surface area contributed by atoms with Gasteiger partial charge in [-0.15, -0.1) is 0 Å². The van der Waals surface area contributed by atoms with E-state index in [1.54, 1.807) is 42.6 Å². The maximum atomic E-state index is 10.3. The van der Waals surface area contributed by atoms with Crippen LogP contribution in [0.3, 0.4) is 0 Å². The number of rotatable bonds is 1. The molecule has 0 aliphatic heterocycles. The van der Waals surface area contributed by atoms with Crippen molar-refractivity contribution in [1.29, 1.82) is 0 Å². The summed E-state index contributed by atoms with van der Waals surface area (Å²) in [5, 5.41) is 24.2. The number of aromatic hydroxyl groups is 1. The predicted octanol–water partition coefficient (Wildman–Crippen LogP) is 4.39. The molecule has 3 N–H and O–H groups in total. The van der Waals surface area contributed by atoms with E-state index in [2.05, 4.69) is 4.98 Å². The van der Waals surface area contributed by atoms with Crippen LogP contribution in [0.5, 0.6) is 5.75 Å². The average Bonchev–Trinajstić information content (AvgIpc) is 2.68. The van der Waals surface area contributed by atoms with Crippen molar-refractivity contribution in [2.45, 2.75) is 20.8 Å². The number of aromatic nitrogens is 1. The molecule has 3 aromatic rings. The van der Waals surface area contributed by atoms with Crippen molar-refractivity contribution in [3.05, 3.63) is 95.3 Å². The summed E-state index contributed by atoms with van der Waals surface area (Å²) in [7, 11) is 1.00. The van der Waals surface area contributed by atoms with E-state index in [0.29, 0.717) is 11.3 Å². The van der Waals surface area contributed by atoms with Crippen LogP contribution in [0.2, 0.25) is 0 Å². The first-order valence-corrected chi connectivity index (χ1v) is 8.25. The molecule has 0 saturated carbocycles. The molecule has 0 amide bonds. The normalized spacial score (nSPS) is 8.63. The van der Waals surface area contributed by atoms with Gasteiger partial charge in [0.25, 0.3) is 0 Å². The number of hydrogen-bond donors (Lipinski definition) is 3. The largest absolute Gasteiger partial charge is 0.508 e. The molecule has 0 aliphatic carbocycles. The zero-order valence-corrected chi connectivity index (χ0v) is 16.1. The molecule has 0 radical (unpaired) electrons. The highest BCUT2D eigenvalue weighted by atomic mass is 16.4. The molecule has 144 valence electrons. The number of carboxylic acid groups (broad SMARTS) is 1. The lowest BCUT2D eigenvalue weighted by Gasteiger charge is -1.92. The Hall–Kier alpha value is -3.18. The van der Waals surface area contributed by atoms with Gasteiger partial charge in [0.05, 0.1) is 5.56 Å². The quantitative estimate of drug-likeness (QED) is 0.592. The smallest absolute Gasteiger partial charge is 0.335 e. The number of phenols is 1. The third-order valence-corrected chi connectivity index (χ3v) is 3.14. The Balaban J connectivity index is 0.000000364. The fourth-order valence-electron chi connectivity index (χ4n) is 1.69. The van der Waals surface area contributed by atoms with Gasteiger partial charge in [0, 0.05) is 19.5 Å². The molecule has 0 spiro atoms. The summed E-state index contributed by atoms with van der Waals surface area (Å²) in [6.45, 7) is 5.93. The van der Waals surface area contributed by atoms with Crippen molar-refractivity contribution >= 4 is 5.97 Å². The van der Waals surface area contributed by atoms with E-state index in [0.717, 1.165) is 12.7 Å². The van der Waals surface area contributed by atoms with E-state index < -0.39 is 5.97 Å². The molecule has 5 heteroatoms. The number of benzene rings is 2. The van der Waals surface area contributed by atoms with Crippen molar-refractivity contribution in [2.24, 2.45) is 0 Å². The molecule has 3 rings (SSSR count). The van der Waals surface area contributed by atoms with Gasteiger partial charge in [-0.05, 0) is 56.7 Å². The van der Waals surface area contributed by atoms with Crippen LogP contribution >= 0.6 is 0 Å². The Labute approximate surface area is 160 Å². The molecule has 27 heavy (non-hydrogen) atoms. The van der Waals surface area contributed by atoms with E-state index in [1.807, 2.05) is 51.2 Å². The van der Waals surface area contributed by atoms with E-state index in [-0.39, 0.29) is 0 Å². The standard InChI is InChI=1S/C8H8O2.C7H8O.C6H7N.CH4O/c1-6-2-4-7(5-3-6)8(9)10;1-6-2-4-7(8)5-3-6;1-6-3-2-4-7-5-6;1-2/h2-5H,1H3,(H,9,10);2-5,8H,1H3;2-5H,1H3;2H,1H3. The van der Waals surface area contributed by atoms with E-state index in [1.165, 1.54) is 11.1 Å². The van der Waals surface area contributed by atoms with Crippen LogP contribution < -0.4 is 0 Å². The highest BCUT2D eigenvalue weighted by molar-refractivity contribution is 5.87. The van der Waals surface area contributed by atoms with Crippen LogP contribution in [0.1, 0.15) is 27.0 Å². The molecular formula is C22H27NO4. The topological polar surface area (TPSA) is 90.7 Å². The van der Waals surface area contributed by atoms with Crippen molar-refractivity contribution in [3.8, 4) is 5.75 Å². The lowest BCUT2D eigenvalue weighted by Crippen LogP contribution is -1.94. The lowest BCUT2D eigenvalue weighted by molar-refractivity contribution is 0.0697. The zero-order valence-electron chi connectivity index (χ0n) is 16.1. The lowest BCUT2D eigenvalue weighted by atomic mass is 10.2. The summed E-state index contributed by atoms with van der Waals surface area (Å²) in [6.07, 6.45) is 3.60. The number of carboxylic acids is 1. The van der Waals surface area contributed by atoms with Gasteiger partial charge in [-0.25, -0.2) is 4.79 Å². The summed E-state index contributed by atoms with van der Waals surface area (Å²) < 4.78 is 0. The molecule has 0 bridgehead atoms. The third-order valence-electron chi connectivity index (χ3n) is 3.14. The molecule has 0 saturated heterocycles. The van der Waals surface area contributed by atoms with E-state index in [9.17, 15) is 4.79 Å². The molecule has 0 fully saturated rings. The number of phenolic OH excluding ortho intramolecular Hbond substituents is 1. The Morgan fingerprint density at radius 1 is 0.778 bits per heavy atom. The van der Waals surface area contributed by atoms with Crippen LogP contribution in [-0.2, 0) is 0 Å². The second-order valence-corrected chi connectivity index (χ2v) is 5.54. The van der Waals surface area contributed by atoms with Crippen LogP contribution in [0, 0.1) is 20.8 Å².